The lowest BCUT2D eigenvalue weighted by molar-refractivity contribution is -0.137. The number of hydrogen-bond acceptors (Lipinski definition) is 4. The summed E-state index contributed by atoms with van der Waals surface area (Å²) in [5.41, 5.74) is 2.91. The van der Waals surface area contributed by atoms with Crippen LogP contribution in [0.25, 0.3) is 17.3 Å². The summed E-state index contributed by atoms with van der Waals surface area (Å²) in [5, 5.41) is 15.0. The van der Waals surface area contributed by atoms with Crippen molar-refractivity contribution in [3.8, 4) is 11.3 Å². The Kier molecular flexibility index (Phi) is 5.59. The monoisotopic (exact) mass is 350 g/mol. The molecular weight excluding hydrogens is 332 g/mol. The molecule has 1 atom stereocenters. The predicted octanol–water partition coefficient (Wildman–Crippen LogP) is 4.78. The molecule has 5 heteroatoms. The number of anilines is 1. The van der Waals surface area contributed by atoms with Crippen LogP contribution in [-0.2, 0) is 4.79 Å². The summed E-state index contributed by atoms with van der Waals surface area (Å²) in [6.45, 7) is 0. The zero-order valence-corrected chi connectivity index (χ0v) is 14.3. The first-order valence-corrected chi connectivity index (χ1v) is 8.82. The number of nitrogens with zero attached hydrogens (tertiary/aromatic N) is 1. The van der Waals surface area contributed by atoms with Crippen molar-refractivity contribution in [2.24, 2.45) is 0 Å². The van der Waals surface area contributed by atoms with E-state index in [-0.39, 0.29) is 0 Å². The highest BCUT2D eigenvalue weighted by molar-refractivity contribution is 7.14. The summed E-state index contributed by atoms with van der Waals surface area (Å²) in [4.78, 5) is 16.0. The lowest BCUT2D eigenvalue weighted by Crippen LogP contribution is -2.28. The van der Waals surface area contributed by atoms with Gasteiger partial charge in [0.05, 0.1) is 5.69 Å². The van der Waals surface area contributed by atoms with Crippen LogP contribution in [0.15, 0.2) is 72.1 Å². The Hall–Kier alpha value is -2.92. The van der Waals surface area contributed by atoms with Gasteiger partial charge in [-0.1, -0.05) is 72.8 Å². The zero-order chi connectivity index (χ0) is 17.5. The molecule has 0 aliphatic carbocycles. The smallest absolute Gasteiger partial charge is 0.326 e. The highest BCUT2D eigenvalue weighted by atomic mass is 32.1. The van der Waals surface area contributed by atoms with Gasteiger partial charge in [0, 0.05) is 10.9 Å². The van der Waals surface area contributed by atoms with Crippen LogP contribution >= 0.6 is 11.3 Å². The average Bonchev–Trinajstić information content (AvgIpc) is 3.11. The topological polar surface area (TPSA) is 62.2 Å². The van der Waals surface area contributed by atoms with Crippen molar-refractivity contribution < 1.29 is 9.90 Å². The lowest BCUT2D eigenvalue weighted by atomic mass is 10.1. The molecule has 0 aliphatic heterocycles. The highest BCUT2D eigenvalue weighted by Crippen LogP contribution is 2.25. The van der Waals surface area contributed by atoms with E-state index in [1.54, 1.807) is 0 Å². The largest absolute Gasteiger partial charge is 0.480 e. The number of carboxylic acids is 1. The third-order valence-corrected chi connectivity index (χ3v) is 4.42. The molecule has 0 saturated carbocycles. The van der Waals surface area contributed by atoms with Gasteiger partial charge < -0.3 is 10.4 Å². The molecule has 0 radical (unpaired) electrons. The van der Waals surface area contributed by atoms with E-state index in [1.807, 2.05) is 78.2 Å². The Balaban J connectivity index is 1.65. The number of rotatable bonds is 7. The summed E-state index contributed by atoms with van der Waals surface area (Å²) in [6.07, 6.45) is 4.17. The quantitative estimate of drug-likeness (QED) is 0.644. The van der Waals surface area contributed by atoms with Crippen molar-refractivity contribution >= 4 is 28.5 Å². The van der Waals surface area contributed by atoms with E-state index in [1.165, 1.54) is 11.3 Å². The minimum atomic E-state index is -0.894. The predicted molar refractivity (Wildman–Crippen MR) is 103 cm³/mol. The Labute approximate surface area is 150 Å². The van der Waals surface area contributed by atoms with E-state index in [0.717, 1.165) is 16.8 Å². The van der Waals surface area contributed by atoms with Gasteiger partial charge in [0.25, 0.3) is 0 Å². The average molecular weight is 350 g/mol. The van der Waals surface area contributed by atoms with Gasteiger partial charge in [-0.25, -0.2) is 9.78 Å². The molecule has 3 aromatic rings. The van der Waals surface area contributed by atoms with Crippen LogP contribution in [0.1, 0.15) is 12.0 Å². The number of carbonyl (C=O) groups is 1. The third-order valence-electron chi connectivity index (χ3n) is 3.65. The molecule has 0 spiro atoms. The minimum absolute atomic E-state index is 0.379. The van der Waals surface area contributed by atoms with E-state index in [4.69, 9.17) is 0 Å². The number of aromatic nitrogens is 1. The van der Waals surface area contributed by atoms with E-state index < -0.39 is 12.0 Å². The molecule has 0 saturated heterocycles. The summed E-state index contributed by atoms with van der Waals surface area (Å²) in [5.74, 6) is -0.894. The molecule has 1 unspecified atom stereocenters. The molecule has 0 amide bonds. The second-order valence-electron chi connectivity index (χ2n) is 5.49. The highest BCUT2D eigenvalue weighted by Gasteiger charge is 2.17. The van der Waals surface area contributed by atoms with Crippen molar-refractivity contribution in [2.45, 2.75) is 12.5 Å². The van der Waals surface area contributed by atoms with Gasteiger partial charge in [-0.05, 0) is 12.0 Å². The molecule has 0 bridgehead atoms. The molecule has 4 nitrogen and oxygen atoms in total. The molecule has 126 valence electrons. The number of hydrogen-bond donors (Lipinski definition) is 2. The molecule has 0 aliphatic rings. The maximum absolute atomic E-state index is 11.5. The van der Waals surface area contributed by atoms with Gasteiger partial charge >= 0.3 is 5.97 Å². The molecule has 25 heavy (non-hydrogen) atoms. The van der Waals surface area contributed by atoms with Crippen molar-refractivity contribution in [3.63, 3.8) is 0 Å². The standard InChI is InChI=1S/C20H18N2O2S/c23-19(24)17(13-7-10-15-8-3-1-4-9-15)21-20-22-18(14-25-20)16-11-5-2-6-12-16/h1-12,14,17H,13H2,(H,21,22)(H,23,24)/b10-7-. The zero-order valence-electron chi connectivity index (χ0n) is 13.5. The molecule has 1 heterocycles. The van der Waals surface area contributed by atoms with Gasteiger partial charge in [-0.15, -0.1) is 11.3 Å². The first kappa shape index (κ1) is 16.9. The Morgan fingerprint density at radius 3 is 2.48 bits per heavy atom. The summed E-state index contributed by atoms with van der Waals surface area (Å²) in [7, 11) is 0. The van der Waals surface area contributed by atoms with Gasteiger partial charge in [-0.3, -0.25) is 0 Å². The summed E-state index contributed by atoms with van der Waals surface area (Å²) < 4.78 is 0. The van der Waals surface area contributed by atoms with Crippen molar-refractivity contribution in [1.29, 1.82) is 0 Å². The van der Waals surface area contributed by atoms with Crippen LogP contribution in [-0.4, -0.2) is 22.1 Å². The second-order valence-corrected chi connectivity index (χ2v) is 6.35. The Morgan fingerprint density at radius 1 is 1.12 bits per heavy atom. The maximum Gasteiger partial charge on any atom is 0.326 e. The maximum atomic E-state index is 11.5. The van der Waals surface area contributed by atoms with Gasteiger partial charge in [0.15, 0.2) is 5.13 Å². The van der Waals surface area contributed by atoms with E-state index in [0.29, 0.717) is 11.6 Å². The fourth-order valence-corrected chi connectivity index (χ4v) is 3.13. The van der Waals surface area contributed by atoms with Crippen LogP contribution in [0.4, 0.5) is 5.13 Å². The molecular formula is C20H18N2O2S. The number of nitrogens with one attached hydrogen (secondary N) is 1. The molecule has 3 rings (SSSR count). The van der Waals surface area contributed by atoms with Crippen LogP contribution in [0, 0.1) is 0 Å². The lowest BCUT2D eigenvalue weighted by Gasteiger charge is -2.11. The Morgan fingerprint density at radius 2 is 1.80 bits per heavy atom. The van der Waals surface area contributed by atoms with E-state index in [2.05, 4.69) is 10.3 Å². The molecule has 2 N–H and O–H groups in total. The van der Waals surface area contributed by atoms with Crippen LogP contribution in [0.2, 0.25) is 0 Å². The first-order valence-electron chi connectivity index (χ1n) is 7.94. The molecule has 2 aromatic carbocycles. The SMILES string of the molecule is O=C(O)C(C/C=C\c1ccccc1)Nc1nc(-c2ccccc2)cs1. The van der Waals surface area contributed by atoms with Crippen LogP contribution < -0.4 is 5.32 Å². The van der Waals surface area contributed by atoms with Crippen molar-refractivity contribution in [3.05, 3.63) is 77.7 Å². The first-order chi connectivity index (χ1) is 12.2. The van der Waals surface area contributed by atoms with Gasteiger partial charge in [0.1, 0.15) is 6.04 Å². The number of carboxylic acid groups (broad SMARTS) is 1. The normalized spacial score (nSPS) is 12.2. The third kappa shape index (κ3) is 4.78. The molecule has 1 aromatic heterocycles. The minimum Gasteiger partial charge on any atom is -0.480 e. The fraction of sp³-hybridized carbons (Fsp3) is 0.100. The number of aliphatic carboxylic acids is 1. The summed E-state index contributed by atoms with van der Waals surface area (Å²) >= 11 is 1.41. The van der Waals surface area contributed by atoms with E-state index >= 15 is 0 Å². The number of thiazole rings is 1. The van der Waals surface area contributed by atoms with E-state index in [9.17, 15) is 9.90 Å². The number of benzene rings is 2. The van der Waals surface area contributed by atoms with Crippen molar-refractivity contribution in [2.75, 3.05) is 5.32 Å². The van der Waals surface area contributed by atoms with Gasteiger partial charge in [0.2, 0.25) is 0 Å². The Bertz CT molecular complexity index is 844. The fourth-order valence-electron chi connectivity index (χ4n) is 2.36. The van der Waals surface area contributed by atoms with Crippen LogP contribution in [0.5, 0.6) is 0 Å². The summed E-state index contributed by atoms with van der Waals surface area (Å²) in [6, 6.07) is 18.9. The van der Waals surface area contributed by atoms with Crippen molar-refractivity contribution in [1.82, 2.24) is 4.98 Å². The molecule has 0 fully saturated rings. The second kappa shape index (κ2) is 8.26. The van der Waals surface area contributed by atoms with Crippen LogP contribution in [0.3, 0.4) is 0 Å². The van der Waals surface area contributed by atoms with Gasteiger partial charge in [-0.2, -0.15) is 0 Å².